The first-order chi connectivity index (χ1) is 13.6. The summed E-state index contributed by atoms with van der Waals surface area (Å²) in [5, 5.41) is -0.559. The van der Waals surface area contributed by atoms with Crippen molar-refractivity contribution in [1.82, 2.24) is 0 Å². The van der Waals surface area contributed by atoms with E-state index in [0.717, 1.165) is 43.8 Å². The first kappa shape index (κ1) is 21.7. The lowest BCUT2D eigenvalue weighted by Gasteiger charge is -2.33. The summed E-state index contributed by atoms with van der Waals surface area (Å²) in [6.07, 6.45) is -2.62. The Labute approximate surface area is 172 Å². The highest BCUT2D eigenvalue weighted by molar-refractivity contribution is 7.92. The van der Waals surface area contributed by atoms with E-state index in [4.69, 9.17) is 16.3 Å². The van der Waals surface area contributed by atoms with Gasteiger partial charge in [-0.2, -0.15) is 13.2 Å². The molecule has 5 nitrogen and oxygen atoms in total. The number of sulfonamides is 1. The number of benzene rings is 2. The van der Waals surface area contributed by atoms with Gasteiger partial charge in [-0.3, -0.25) is 4.72 Å². The lowest BCUT2D eigenvalue weighted by atomic mass is 10.1. The molecule has 158 valence electrons. The Balaban J connectivity index is 1.77. The summed E-state index contributed by atoms with van der Waals surface area (Å²) in [5.41, 5.74) is -0.0340. The average molecular weight is 449 g/mol. The van der Waals surface area contributed by atoms with Crippen molar-refractivity contribution in [3.8, 4) is 0 Å². The van der Waals surface area contributed by atoms with E-state index in [2.05, 4.69) is 9.62 Å². The number of methoxy groups -OCH3 is 1. The van der Waals surface area contributed by atoms with Gasteiger partial charge in [-0.1, -0.05) is 11.6 Å². The van der Waals surface area contributed by atoms with Gasteiger partial charge in [-0.25, -0.2) is 8.42 Å². The van der Waals surface area contributed by atoms with E-state index in [9.17, 15) is 21.6 Å². The number of anilines is 2. The SMILES string of the molecule is COC1CCCN(c2ccc(NS(=O)(=O)c3ccc(Cl)c(C(F)(F)F)c3)cc2)C1. The van der Waals surface area contributed by atoms with E-state index in [1.54, 1.807) is 31.4 Å². The molecule has 0 aromatic heterocycles. The Kier molecular flexibility index (Phi) is 6.30. The molecule has 1 atom stereocenters. The van der Waals surface area contributed by atoms with Gasteiger partial charge >= 0.3 is 6.18 Å². The maximum Gasteiger partial charge on any atom is 0.417 e. The Morgan fingerprint density at radius 3 is 2.48 bits per heavy atom. The average Bonchev–Trinajstić information content (AvgIpc) is 2.67. The Bertz CT molecular complexity index is 966. The van der Waals surface area contributed by atoms with Crippen LogP contribution in [-0.4, -0.2) is 34.7 Å². The maximum atomic E-state index is 13.0. The van der Waals surface area contributed by atoms with Gasteiger partial charge in [0.05, 0.1) is 21.6 Å². The number of rotatable bonds is 5. The van der Waals surface area contributed by atoms with Crippen molar-refractivity contribution in [3.05, 3.63) is 53.1 Å². The van der Waals surface area contributed by atoms with Gasteiger partial charge in [-0.05, 0) is 55.3 Å². The molecule has 1 aliphatic heterocycles. The van der Waals surface area contributed by atoms with Crippen LogP contribution in [0.3, 0.4) is 0 Å². The third-order valence-corrected chi connectivity index (χ3v) is 6.46. The zero-order valence-electron chi connectivity index (χ0n) is 15.5. The van der Waals surface area contributed by atoms with Gasteiger partial charge in [-0.15, -0.1) is 0 Å². The molecule has 0 radical (unpaired) electrons. The highest BCUT2D eigenvalue weighted by atomic mass is 35.5. The number of piperidine rings is 1. The molecule has 1 saturated heterocycles. The van der Waals surface area contributed by atoms with Crippen LogP contribution in [0.1, 0.15) is 18.4 Å². The molecular formula is C19H20ClF3N2O3S. The molecule has 0 amide bonds. The fourth-order valence-electron chi connectivity index (χ4n) is 3.21. The van der Waals surface area contributed by atoms with Gasteiger partial charge in [0.25, 0.3) is 10.0 Å². The van der Waals surface area contributed by atoms with Crippen molar-refractivity contribution in [3.63, 3.8) is 0 Å². The van der Waals surface area contributed by atoms with Crippen molar-refractivity contribution in [1.29, 1.82) is 0 Å². The van der Waals surface area contributed by atoms with E-state index < -0.39 is 31.7 Å². The first-order valence-corrected chi connectivity index (χ1v) is 10.7. The molecule has 2 aromatic rings. The van der Waals surface area contributed by atoms with E-state index in [1.807, 2.05) is 0 Å². The van der Waals surface area contributed by atoms with Crippen molar-refractivity contribution in [2.45, 2.75) is 30.0 Å². The smallest absolute Gasteiger partial charge is 0.380 e. The fraction of sp³-hybridized carbons (Fsp3) is 0.368. The minimum absolute atomic E-state index is 0.148. The molecular weight excluding hydrogens is 429 g/mol. The van der Waals surface area contributed by atoms with Crippen LogP contribution in [0.5, 0.6) is 0 Å². The molecule has 3 rings (SSSR count). The van der Waals surface area contributed by atoms with Gasteiger partial charge < -0.3 is 9.64 Å². The summed E-state index contributed by atoms with van der Waals surface area (Å²) in [6, 6.07) is 9.15. The summed E-state index contributed by atoms with van der Waals surface area (Å²) in [6.45, 7) is 1.61. The zero-order valence-corrected chi connectivity index (χ0v) is 17.1. The van der Waals surface area contributed by atoms with Crippen LogP contribution in [-0.2, 0) is 20.9 Å². The molecule has 29 heavy (non-hydrogen) atoms. The van der Waals surface area contributed by atoms with Gasteiger partial charge in [0.1, 0.15) is 0 Å². The van der Waals surface area contributed by atoms with Crippen LogP contribution in [0, 0.1) is 0 Å². The van der Waals surface area contributed by atoms with E-state index >= 15 is 0 Å². The molecule has 0 bridgehead atoms. The summed E-state index contributed by atoms with van der Waals surface area (Å²) in [5.74, 6) is 0. The lowest BCUT2D eigenvalue weighted by molar-refractivity contribution is -0.137. The van der Waals surface area contributed by atoms with Crippen molar-refractivity contribution >= 4 is 33.0 Å². The largest absolute Gasteiger partial charge is 0.417 e. The standard InChI is InChI=1S/C19H20ClF3N2O3S/c1-28-15-3-2-10-25(12-15)14-6-4-13(5-7-14)24-29(26,27)16-8-9-18(20)17(11-16)19(21,22)23/h4-9,11,15,24H,2-3,10,12H2,1H3. The third kappa shape index (κ3) is 5.15. The van der Waals surface area contributed by atoms with Crippen LogP contribution >= 0.6 is 11.6 Å². The molecule has 0 saturated carbocycles. The number of hydrogen-bond acceptors (Lipinski definition) is 4. The quantitative estimate of drug-likeness (QED) is 0.715. The Morgan fingerprint density at radius 1 is 1.17 bits per heavy atom. The summed E-state index contributed by atoms with van der Waals surface area (Å²) in [4.78, 5) is 1.63. The molecule has 1 unspecified atom stereocenters. The molecule has 0 spiro atoms. The maximum absolute atomic E-state index is 13.0. The minimum atomic E-state index is -4.75. The predicted molar refractivity (Wildman–Crippen MR) is 106 cm³/mol. The highest BCUT2D eigenvalue weighted by Crippen LogP contribution is 2.36. The van der Waals surface area contributed by atoms with Gasteiger partial charge in [0, 0.05) is 31.6 Å². The van der Waals surface area contributed by atoms with Crippen molar-refractivity contribution in [2.24, 2.45) is 0 Å². The van der Waals surface area contributed by atoms with Crippen LogP contribution in [0.25, 0.3) is 0 Å². The number of ether oxygens (including phenoxy) is 1. The van der Waals surface area contributed by atoms with Gasteiger partial charge in [0.15, 0.2) is 0 Å². The zero-order chi connectivity index (χ0) is 21.2. The normalized spacial score (nSPS) is 18.0. The second-order valence-corrected chi connectivity index (χ2v) is 8.83. The van der Waals surface area contributed by atoms with Crippen LogP contribution in [0.2, 0.25) is 5.02 Å². The monoisotopic (exact) mass is 448 g/mol. The first-order valence-electron chi connectivity index (χ1n) is 8.87. The lowest BCUT2D eigenvalue weighted by Crippen LogP contribution is -2.39. The molecule has 0 aliphatic carbocycles. The summed E-state index contributed by atoms with van der Waals surface area (Å²) in [7, 11) is -2.53. The third-order valence-electron chi connectivity index (χ3n) is 4.75. The fourth-order valence-corrected chi connectivity index (χ4v) is 4.52. The number of nitrogens with one attached hydrogen (secondary N) is 1. The van der Waals surface area contributed by atoms with E-state index in [-0.39, 0.29) is 11.8 Å². The molecule has 1 heterocycles. The summed E-state index contributed by atoms with van der Waals surface area (Å²) >= 11 is 5.55. The molecule has 10 heteroatoms. The molecule has 1 N–H and O–H groups in total. The topological polar surface area (TPSA) is 58.6 Å². The highest BCUT2D eigenvalue weighted by Gasteiger charge is 2.34. The van der Waals surface area contributed by atoms with E-state index in [1.165, 1.54) is 0 Å². The number of alkyl halides is 3. The van der Waals surface area contributed by atoms with Crippen LogP contribution in [0.15, 0.2) is 47.4 Å². The van der Waals surface area contributed by atoms with Crippen molar-refractivity contribution in [2.75, 3.05) is 29.8 Å². The number of halogens is 4. The molecule has 1 aliphatic rings. The minimum Gasteiger partial charge on any atom is -0.380 e. The molecule has 2 aromatic carbocycles. The number of hydrogen-bond donors (Lipinski definition) is 1. The second-order valence-electron chi connectivity index (χ2n) is 6.74. The Morgan fingerprint density at radius 2 is 1.86 bits per heavy atom. The van der Waals surface area contributed by atoms with E-state index in [0.29, 0.717) is 6.07 Å². The van der Waals surface area contributed by atoms with Crippen LogP contribution in [0.4, 0.5) is 24.5 Å². The summed E-state index contributed by atoms with van der Waals surface area (Å²) < 4.78 is 71.7. The van der Waals surface area contributed by atoms with Gasteiger partial charge in [0.2, 0.25) is 0 Å². The molecule has 1 fully saturated rings. The predicted octanol–water partition coefficient (Wildman–Crippen LogP) is 4.77. The number of nitrogens with zero attached hydrogens (tertiary/aromatic N) is 1. The van der Waals surface area contributed by atoms with Crippen LogP contribution < -0.4 is 9.62 Å². The second kappa shape index (κ2) is 8.41. The Hall–Kier alpha value is -1.97. The van der Waals surface area contributed by atoms with Crippen molar-refractivity contribution < 1.29 is 26.3 Å².